The highest BCUT2D eigenvalue weighted by Gasteiger charge is 2.26. The molecule has 3 unspecified atom stereocenters. The number of thioether (sulfide) groups is 1. The number of nitrogens with one attached hydrogen (secondary N) is 1. The molecule has 0 radical (unpaired) electrons. The first kappa shape index (κ1) is 13.4. The van der Waals surface area contributed by atoms with Crippen LogP contribution in [-0.4, -0.2) is 28.3 Å². The van der Waals surface area contributed by atoms with Gasteiger partial charge in [-0.3, -0.25) is 4.79 Å². The molecule has 0 bridgehead atoms. The molecule has 1 N–H and O–H groups in total. The molecule has 1 amide bonds. The Morgan fingerprint density at radius 2 is 2.20 bits per heavy atom. The second-order valence-corrected chi connectivity index (χ2v) is 6.23. The third kappa shape index (κ3) is 3.99. The molecule has 1 aliphatic rings. The second kappa shape index (κ2) is 6.79. The molecule has 1 fully saturated rings. The van der Waals surface area contributed by atoms with Crippen LogP contribution in [0.25, 0.3) is 0 Å². The van der Waals surface area contributed by atoms with E-state index in [9.17, 15) is 4.79 Å². The highest BCUT2D eigenvalue weighted by atomic mass is 79.9. The minimum Gasteiger partial charge on any atom is -0.351 e. The summed E-state index contributed by atoms with van der Waals surface area (Å²) in [5.41, 5.74) is 0. The maximum atomic E-state index is 11.7. The minimum atomic E-state index is -0.0260. The van der Waals surface area contributed by atoms with E-state index in [4.69, 9.17) is 0 Å². The van der Waals surface area contributed by atoms with E-state index in [-0.39, 0.29) is 10.7 Å². The van der Waals surface area contributed by atoms with Crippen LogP contribution in [0.1, 0.15) is 39.0 Å². The number of carbonyl (C=O) groups excluding carboxylic acids is 1. The van der Waals surface area contributed by atoms with Gasteiger partial charge in [0.25, 0.3) is 0 Å². The summed E-state index contributed by atoms with van der Waals surface area (Å²) in [5.74, 6) is 0.156. The molecule has 2 nitrogen and oxygen atoms in total. The monoisotopic (exact) mass is 293 g/mol. The van der Waals surface area contributed by atoms with Crippen LogP contribution in [0.2, 0.25) is 0 Å². The van der Waals surface area contributed by atoms with Gasteiger partial charge in [-0.1, -0.05) is 35.7 Å². The summed E-state index contributed by atoms with van der Waals surface area (Å²) in [6.45, 7) is 2.02. The first-order valence-electron chi connectivity index (χ1n) is 5.66. The number of carbonyl (C=O) groups is 1. The van der Waals surface area contributed by atoms with E-state index >= 15 is 0 Å². The van der Waals surface area contributed by atoms with Gasteiger partial charge in [0.1, 0.15) is 0 Å². The van der Waals surface area contributed by atoms with Crippen LogP contribution in [-0.2, 0) is 4.79 Å². The summed E-state index contributed by atoms with van der Waals surface area (Å²) < 4.78 is 0. The molecular formula is C11H20BrNOS. The summed E-state index contributed by atoms with van der Waals surface area (Å²) in [4.78, 5) is 11.7. The van der Waals surface area contributed by atoms with E-state index < -0.39 is 0 Å². The highest BCUT2D eigenvalue weighted by Crippen LogP contribution is 2.27. The summed E-state index contributed by atoms with van der Waals surface area (Å²) in [5, 5.41) is 3.77. The maximum Gasteiger partial charge on any atom is 0.234 e. The predicted molar refractivity (Wildman–Crippen MR) is 70.7 cm³/mol. The fraction of sp³-hybridized carbons (Fsp3) is 0.909. The van der Waals surface area contributed by atoms with Gasteiger partial charge in [-0.05, 0) is 25.5 Å². The van der Waals surface area contributed by atoms with Gasteiger partial charge in [0.2, 0.25) is 5.91 Å². The van der Waals surface area contributed by atoms with Crippen molar-refractivity contribution in [3.05, 3.63) is 0 Å². The topological polar surface area (TPSA) is 29.1 Å². The minimum absolute atomic E-state index is 0.0260. The number of alkyl halides is 1. The Kier molecular flexibility index (Phi) is 6.05. The average Bonchev–Trinajstić information content (AvgIpc) is 2.28. The molecule has 1 saturated carbocycles. The molecule has 1 aliphatic carbocycles. The third-order valence-corrected chi connectivity index (χ3v) is 5.21. The van der Waals surface area contributed by atoms with Crippen LogP contribution in [0, 0.1) is 0 Å². The number of hydrogen-bond donors (Lipinski definition) is 1. The molecule has 0 aliphatic heterocycles. The second-order valence-electron chi connectivity index (χ2n) is 4.05. The highest BCUT2D eigenvalue weighted by molar-refractivity contribution is 9.10. The maximum absolute atomic E-state index is 11.7. The predicted octanol–water partition coefficient (Wildman–Crippen LogP) is 2.95. The summed E-state index contributed by atoms with van der Waals surface area (Å²) in [6.07, 6.45) is 7.93. The van der Waals surface area contributed by atoms with Crippen molar-refractivity contribution in [3.8, 4) is 0 Å². The average molecular weight is 294 g/mol. The summed E-state index contributed by atoms with van der Waals surface area (Å²) in [7, 11) is 0. The fourth-order valence-corrected chi connectivity index (χ4v) is 3.07. The molecule has 0 heterocycles. The van der Waals surface area contributed by atoms with Crippen LogP contribution in [0.5, 0.6) is 0 Å². The van der Waals surface area contributed by atoms with E-state index in [0.29, 0.717) is 11.3 Å². The lowest BCUT2D eigenvalue weighted by Crippen LogP contribution is -2.46. The first-order valence-corrected chi connectivity index (χ1v) is 7.86. The summed E-state index contributed by atoms with van der Waals surface area (Å²) in [6, 6.07) is 0.382. The SMILES string of the molecule is CCC(Br)C(=O)NC1CCCCC1SC. The van der Waals surface area contributed by atoms with Crippen molar-refractivity contribution in [1.29, 1.82) is 0 Å². The van der Waals surface area contributed by atoms with Crippen molar-refractivity contribution in [3.63, 3.8) is 0 Å². The zero-order chi connectivity index (χ0) is 11.3. The first-order chi connectivity index (χ1) is 7.19. The lowest BCUT2D eigenvalue weighted by molar-refractivity contribution is -0.121. The Morgan fingerprint density at radius 1 is 1.53 bits per heavy atom. The van der Waals surface area contributed by atoms with E-state index in [1.807, 2.05) is 18.7 Å². The molecule has 0 aromatic carbocycles. The molecular weight excluding hydrogens is 274 g/mol. The van der Waals surface area contributed by atoms with Crippen molar-refractivity contribution >= 4 is 33.6 Å². The molecule has 4 heteroatoms. The van der Waals surface area contributed by atoms with Crippen LogP contribution < -0.4 is 5.32 Å². The summed E-state index contributed by atoms with van der Waals surface area (Å²) >= 11 is 5.28. The number of amides is 1. The molecule has 88 valence electrons. The van der Waals surface area contributed by atoms with Crippen molar-refractivity contribution in [2.75, 3.05) is 6.26 Å². The van der Waals surface area contributed by atoms with E-state index in [1.54, 1.807) is 0 Å². The van der Waals surface area contributed by atoms with Crippen LogP contribution in [0.3, 0.4) is 0 Å². The van der Waals surface area contributed by atoms with Crippen molar-refractivity contribution in [2.24, 2.45) is 0 Å². The largest absolute Gasteiger partial charge is 0.351 e. The molecule has 0 spiro atoms. The lowest BCUT2D eigenvalue weighted by atomic mass is 9.94. The molecule has 1 rings (SSSR count). The Morgan fingerprint density at radius 3 is 2.80 bits per heavy atom. The van der Waals surface area contributed by atoms with Gasteiger partial charge in [0.05, 0.1) is 4.83 Å². The molecule has 0 aromatic rings. The van der Waals surface area contributed by atoms with Crippen molar-refractivity contribution in [2.45, 2.75) is 55.1 Å². The Balaban J connectivity index is 2.44. The zero-order valence-electron chi connectivity index (χ0n) is 9.46. The molecule has 0 aromatic heterocycles. The standard InChI is InChI=1S/C11H20BrNOS/c1-3-8(12)11(14)13-9-6-4-5-7-10(9)15-2/h8-10H,3-7H2,1-2H3,(H,13,14). The van der Waals surface area contributed by atoms with Gasteiger partial charge >= 0.3 is 0 Å². The number of hydrogen-bond acceptors (Lipinski definition) is 2. The lowest BCUT2D eigenvalue weighted by Gasteiger charge is -2.31. The van der Waals surface area contributed by atoms with Crippen LogP contribution >= 0.6 is 27.7 Å². The van der Waals surface area contributed by atoms with Crippen LogP contribution in [0.15, 0.2) is 0 Å². The van der Waals surface area contributed by atoms with Gasteiger partial charge in [-0.2, -0.15) is 11.8 Å². The van der Waals surface area contributed by atoms with Crippen LogP contribution in [0.4, 0.5) is 0 Å². The fourth-order valence-electron chi connectivity index (χ4n) is 2.00. The Hall–Kier alpha value is 0.300. The van der Waals surface area contributed by atoms with Crippen molar-refractivity contribution < 1.29 is 4.79 Å². The quantitative estimate of drug-likeness (QED) is 0.808. The van der Waals surface area contributed by atoms with E-state index in [0.717, 1.165) is 12.8 Å². The van der Waals surface area contributed by atoms with Gasteiger partial charge in [-0.15, -0.1) is 0 Å². The van der Waals surface area contributed by atoms with E-state index in [1.165, 1.54) is 19.3 Å². The molecule has 0 saturated heterocycles. The van der Waals surface area contributed by atoms with E-state index in [2.05, 4.69) is 27.5 Å². The van der Waals surface area contributed by atoms with Gasteiger partial charge in [-0.25, -0.2) is 0 Å². The number of rotatable bonds is 4. The number of halogens is 1. The van der Waals surface area contributed by atoms with Gasteiger partial charge in [0.15, 0.2) is 0 Å². The molecule has 3 atom stereocenters. The van der Waals surface area contributed by atoms with Crippen molar-refractivity contribution in [1.82, 2.24) is 5.32 Å². The normalized spacial score (nSPS) is 28.5. The Bertz CT molecular complexity index is 213. The van der Waals surface area contributed by atoms with Gasteiger partial charge < -0.3 is 5.32 Å². The third-order valence-electron chi connectivity index (χ3n) is 2.98. The smallest absolute Gasteiger partial charge is 0.234 e. The Labute approximate surface area is 105 Å². The zero-order valence-corrected chi connectivity index (χ0v) is 11.9. The van der Waals surface area contributed by atoms with Gasteiger partial charge in [0, 0.05) is 11.3 Å². The molecule has 15 heavy (non-hydrogen) atoms.